The van der Waals surface area contributed by atoms with Crippen LogP contribution in [0, 0.1) is 15.9 Å². The van der Waals surface area contributed by atoms with Gasteiger partial charge in [-0.2, -0.15) is 5.10 Å². The molecule has 0 radical (unpaired) electrons. The molecule has 6 heteroatoms. The van der Waals surface area contributed by atoms with E-state index in [4.69, 9.17) is 11.2 Å². The number of terminal acetylenes is 1. The molecule has 3 rings (SSSR count). The highest BCUT2D eigenvalue weighted by Gasteiger charge is 2.03. The lowest BCUT2D eigenvalue weighted by molar-refractivity contribution is 0.368. The van der Waals surface area contributed by atoms with Crippen molar-refractivity contribution in [2.45, 2.75) is 0 Å². The maximum atomic E-state index is 5.45. The quantitative estimate of drug-likeness (QED) is 0.248. The van der Waals surface area contributed by atoms with E-state index in [1.807, 2.05) is 53.9 Å². The summed E-state index contributed by atoms with van der Waals surface area (Å²) in [7, 11) is 0. The van der Waals surface area contributed by atoms with Crippen LogP contribution in [0.1, 0.15) is 5.56 Å². The van der Waals surface area contributed by atoms with Gasteiger partial charge in [-0.15, -0.1) is 17.8 Å². The summed E-state index contributed by atoms with van der Waals surface area (Å²) in [6.07, 6.45) is 6.95. The molecule has 2 aromatic carbocycles. The van der Waals surface area contributed by atoms with Crippen molar-refractivity contribution in [1.29, 1.82) is 0 Å². The molecule has 3 aromatic rings. The summed E-state index contributed by atoms with van der Waals surface area (Å²) in [5.41, 5.74) is 5.96. The maximum Gasteiger partial charge on any atom is 0.203 e. The third-order valence-corrected chi connectivity index (χ3v) is 4.80. The van der Waals surface area contributed by atoms with Crippen molar-refractivity contribution >= 4 is 45.3 Å². The molecule has 1 heterocycles. The highest BCUT2D eigenvalue weighted by atomic mass is 127. The zero-order valence-corrected chi connectivity index (χ0v) is 16.1. The molecular weight excluding hydrogens is 445 g/mol. The van der Waals surface area contributed by atoms with Crippen LogP contribution in [0.3, 0.4) is 0 Å². The number of anilines is 1. The van der Waals surface area contributed by atoms with Crippen molar-refractivity contribution < 1.29 is 4.74 Å². The normalized spacial score (nSPS) is 10.6. The molecule has 0 saturated heterocycles. The van der Waals surface area contributed by atoms with E-state index in [9.17, 15) is 0 Å². The van der Waals surface area contributed by atoms with Crippen molar-refractivity contribution in [2.24, 2.45) is 5.10 Å². The van der Waals surface area contributed by atoms with E-state index in [-0.39, 0.29) is 6.61 Å². The van der Waals surface area contributed by atoms with Crippen molar-refractivity contribution in [3.8, 4) is 29.4 Å². The Kier molecular flexibility index (Phi) is 6.04. The Balaban J connectivity index is 1.63. The topological polar surface area (TPSA) is 46.5 Å². The van der Waals surface area contributed by atoms with Gasteiger partial charge in [-0.05, 0) is 46.4 Å². The third-order valence-electron chi connectivity index (χ3n) is 3.21. The van der Waals surface area contributed by atoms with E-state index in [2.05, 4.69) is 44.0 Å². The van der Waals surface area contributed by atoms with Gasteiger partial charge in [0.15, 0.2) is 0 Å². The second kappa shape index (κ2) is 8.65. The highest BCUT2D eigenvalue weighted by Crippen LogP contribution is 2.24. The summed E-state index contributed by atoms with van der Waals surface area (Å²) in [4.78, 5) is 4.53. The van der Waals surface area contributed by atoms with Crippen molar-refractivity contribution in [2.75, 3.05) is 12.0 Å². The van der Waals surface area contributed by atoms with Crippen LogP contribution in [-0.4, -0.2) is 17.8 Å². The van der Waals surface area contributed by atoms with Gasteiger partial charge in [0.05, 0.1) is 15.5 Å². The average Bonchev–Trinajstić information content (AvgIpc) is 3.11. The second-order valence-corrected chi connectivity index (χ2v) is 6.98. The first kappa shape index (κ1) is 17.5. The molecule has 0 aliphatic heterocycles. The Bertz CT molecular complexity index is 916. The summed E-state index contributed by atoms with van der Waals surface area (Å²) in [5.74, 6) is 3.23. The van der Waals surface area contributed by atoms with Crippen LogP contribution in [0.5, 0.6) is 5.75 Å². The van der Waals surface area contributed by atoms with Gasteiger partial charge in [0.25, 0.3) is 0 Å². The number of thiazole rings is 1. The van der Waals surface area contributed by atoms with Crippen molar-refractivity contribution in [1.82, 2.24) is 4.98 Å². The highest BCUT2D eigenvalue weighted by molar-refractivity contribution is 14.1. The fourth-order valence-corrected chi connectivity index (χ4v) is 3.43. The zero-order chi connectivity index (χ0) is 17.5. The van der Waals surface area contributed by atoms with Gasteiger partial charge in [-0.3, -0.25) is 5.43 Å². The van der Waals surface area contributed by atoms with Crippen LogP contribution in [-0.2, 0) is 0 Å². The number of ether oxygens (including phenoxy) is 1. The summed E-state index contributed by atoms with van der Waals surface area (Å²) >= 11 is 3.73. The first-order valence-electron chi connectivity index (χ1n) is 7.42. The zero-order valence-electron chi connectivity index (χ0n) is 13.1. The van der Waals surface area contributed by atoms with Crippen LogP contribution < -0.4 is 10.2 Å². The summed E-state index contributed by atoms with van der Waals surface area (Å²) < 4.78 is 6.43. The molecule has 0 bridgehead atoms. The number of nitrogens with zero attached hydrogens (tertiary/aromatic N) is 2. The van der Waals surface area contributed by atoms with Crippen LogP contribution in [0.25, 0.3) is 11.3 Å². The molecule has 0 fully saturated rings. The van der Waals surface area contributed by atoms with Crippen LogP contribution in [0.2, 0.25) is 0 Å². The number of rotatable bonds is 6. The van der Waals surface area contributed by atoms with E-state index in [0.29, 0.717) is 0 Å². The number of nitrogens with one attached hydrogen (secondary N) is 1. The fourth-order valence-electron chi connectivity index (χ4n) is 2.06. The molecule has 0 aliphatic carbocycles. The van der Waals surface area contributed by atoms with E-state index < -0.39 is 0 Å². The average molecular weight is 459 g/mol. The molecule has 25 heavy (non-hydrogen) atoms. The van der Waals surface area contributed by atoms with E-state index in [1.165, 1.54) is 11.3 Å². The number of hydrogen-bond acceptors (Lipinski definition) is 5. The lowest BCUT2D eigenvalue weighted by atomic mass is 10.2. The first-order valence-corrected chi connectivity index (χ1v) is 9.38. The SMILES string of the molecule is C#CCOc1ccc(C=NNc2nc(-c3ccccc3)cs2)cc1I. The smallest absolute Gasteiger partial charge is 0.203 e. The number of halogens is 1. The van der Waals surface area contributed by atoms with Crippen molar-refractivity contribution in [3.05, 3.63) is 63.0 Å². The van der Waals surface area contributed by atoms with Gasteiger partial charge < -0.3 is 4.74 Å². The number of benzene rings is 2. The maximum absolute atomic E-state index is 5.45. The van der Waals surface area contributed by atoms with Crippen LogP contribution in [0.15, 0.2) is 59.0 Å². The number of hydrazone groups is 1. The summed E-state index contributed by atoms with van der Waals surface area (Å²) in [6.45, 7) is 0.263. The van der Waals surface area contributed by atoms with Gasteiger partial charge in [-0.25, -0.2) is 4.98 Å². The monoisotopic (exact) mass is 459 g/mol. The first-order chi connectivity index (χ1) is 12.3. The van der Waals surface area contributed by atoms with E-state index in [0.717, 1.165) is 31.3 Å². The van der Waals surface area contributed by atoms with Gasteiger partial charge in [0, 0.05) is 10.9 Å². The Hall–Kier alpha value is -2.37. The molecule has 4 nitrogen and oxygen atoms in total. The molecule has 0 aliphatic rings. The third kappa shape index (κ3) is 4.81. The molecule has 1 aromatic heterocycles. The molecule has 0 spiro atoms. The van der Waals surface area contributed by atoms with Gasteiger partial charge >= 0.3 is 0 Å². The molecule has 0 saturated carbocycles. The lowest BCUT2D eigenvalue weighted by Gasteiger charge is -2.05. The largest absolute Gasteiger partial charge is 0.480 e. The van der Waals surface area contributed by atoms with Gasteiger partial charge in [0.1, 0.15) is 12.4 Å². The molecule has 124 valence electrons. The lowest BCUT2D eigenvalue weighted by Crippen LogP contribution is -1.97. The van der Waals surface area contributed by atoms with Gasteiger partial charge in [-0.1, -0.05) is 36.3 Å². The predicted octanol–water partition coefficient (Wildman–Crippen LogP) is 4.87. The Morgan fingerprint density at radius 1 is 1.28 bits per heavy atom. The van der Waals surface area contributed by atoms with E-state index >= 15 is 0 Å². The fraction of sp³-hybridized carbons (Fsp3) is 0.0526. The van der Waals surface area contributed by atoms with E-state index in [1.54, 1.807) is 6.21 Å². The molecule has 0 amide bonds. The number of hydrogen-bond donors (Lipinski definition) is 1. The predicted molar refractivity (Wildman–Crippen MR) is 112 cm³/mol. The minimum Gasteiger partial charge on any atom is -0.480 e. The summed E-state index contributed by atoms with van der Waals surface area (Å²) in [5, 5.41) is 7.00. The Morgan fingerprint density at radius 2 is 2.12 bits per heavy atom. The Labute approximate surface area is 164 Å². The van der Waals surface area contributed by atoms with Crippen LogP contribution >= 0.6 is 33.9 Å². The minimum atomic E-state index is 0.263. The standard InChI is InChI=1S/C19H14IN3OS/c1-2-10-24-18-9-8-14(11-16(18)20)12-21-23-19-22-17(13-25-19)15-6-4-3-5-7-15/h1,3-9,11-13H,10H2,(H,22,23). The minimum absolute atomic E-state index is 0.263. The van der Waals surface area contributed by atoms with Crippen molar-refractivity contribution in [3.63, 3.8) is 0 Å². The molecule has 1 N–H and O–H groups in total. The Morgan fingerprint density at radius 3 is 2.88 bits per heavy atom. The number of aromatic nitrogens is 1. The molecule has 0 unspecified atom stereocenters. The molecule has 0 atom stereocenters. The van der Waals surface area contributed by atoms with Gasteiger partial charge in [0.2, 0.25) is 5.13 Å². The molecular formula is C19H14IN3OS. The van der Waals surface area contributed by atoms with Crippen LogP contribution in [0.4, 0.5) is 5.13 Å². The second-order valence-electron chi connectivity index (χ2n) is 4.96. The summed E-state index contributed by atoms with van der Waals surface area (Å²) in [6, 6.07) is 15.9.